The van der Waals surface area contributed by atoms with Crippen molar-refractivity contribution in [2.24, 2.45) is 0 Å². The van der Waals surface area contributed by atoms with Crippen molar-refractivity contribution in [2.75, 3.05) is 6.61 Å². The average Bonchev–Trinajstić information content (AvgIpc) is 2.87. The van der Waals surface area contributed by atoms with Crippen molar-refractivity contribution in [1.29, 1.82) is 0 Å². The first-order valence-corrected chi connectivity index (χ1v) is 7.04. The number of thiazole rings is 1. The SMILES string of the molecule is CCC(=CF)COc1ccc(-c2nc(C)cs2)cc1. The smallest absolute Gasteiger partial charge is 0.123 e. The Kier molecular flexibility index (Phi) is 4.68. The van der Waals surface area contributed by atoms with Gasteiger partial charge in [0.1, 0.15) is 17.4 Å². The van der Waals surface area contributed by atoms with Crippen LogP contribution in [-0.2, 0) is 0 Å². The molecule has 2 rings (SSSR count). The van der Waals surface area contributed by atoms with Crippen molar-refractivity contribution in [3.8, 4) is 16.3 Å². The second-order valence-corrected chi connectivity index (χ2v) is 5.09. The maximum atomic E-state index is 12.4. The highest BCUT2D eigenvalue weighted by Gasteiger charge is 2.03. The molecule has 0 atom stereocenters. The Morgan fingerprint density at radius 2 is 2.11 bits per heavy atom. The van der Waals surface area contributed by atoms with Crippen LogP contribution in [0.1, 0.15) is 19.0 Å². The minimum atomic E-state index is 0.294. The maximum Gasteiger partial charge on any atom is 0.123 e. The predicted molar refractivity (Wildman–Crippen MR) is 77.3 cm³/mol. The van der Waals surface area contributed by atoms with Crippen molar-refractivity contribution >= 4 is 11.3 Å². The molecule has 100 valence electrons. The third-order valence-corrected chi connectivity index (χ3v) is 3.76. The number of benzene rings is 1. The van der Waals surface area contributed by atoms with Crippen LogP contribution in [0.25, 0.3) is 10.6 Å². The van der Waals surface area contributed by atoms with E-state index in [4.69, 9.17) is 4.74 Å². The fraction of sp³-hybridized carbons (Fsp3) is 0.267. The predicted octanol–water partition coefficient (Wildman–Crippen LogP) is 4.76. The number of halogens is 1. The summed E-state index contributed by atoms with van der Waals surface area (Å²) in [7, 11) is 0. The van der Waals surface area contributed by atoms with E-state index < -0.39 is 0 Å². The Bertz CT molecular complexity index is 560. The summed E-state index contributed by atoms with van der Waals surface area (Å²) in [5, 5.41) is 3.03. The van der Waals surface area contributed by atoms with Crippen molar-refractivity contribution in [2.45, 2.75) is 20.3 Å². The van der Waals surface area contributed by atoms with Gasteiger partial charge >= 0.3 is 0 Å². The van der Waals surface area contributed by atoms with Crippen molar-refractivity contribution in [3.05, 3.63) is 47.2 Å². The van der Waals surface area contributed by atoms with Crippen molar-refractivity contribution in [1.82, 2.24) is 4.98 Å². The lowest BCUT2D eigenvalue weighted by molar-refractivity contribution is 0.346. The van der Waals surface area contributed by atoms with Gasteiger partial charge in [-0.1, -0.05) is 6.92 Å². The van der Waals surface area contributed by atoms with Gasteiger partial charge in [0, 0.05) is 16.6 Å². The normalized spacial score (nSPS) is 11.6. The van der Waals surface area contributed by atoms with Crippen LogP contribution >= 0.6 is 11.3 Å². The summed E-state index contributed by atoms with van der Waals surface area (Å²) in [5.41, 5.74) is 2.75. The van der Waals surface area contributed by atoms with Crippen molar-refractivity contribution < 1.29 is 9.13 Å². The quantitative estimate of drug-likeness (QED) is 0.786. The standard InChI is InChI=1S/C15H16FNOS/c1-3-12(8-16)9-18-14-6-4-13(5-7-14)15-17-11(2)10-19-15/h4-8,10H,3,9H2,1-2H3. The van der Waals surface area contributed by atoms with Gasteiger partial charge in [0.15, 0.2) is 0 Å². The number of aromatic nitrogens is 1. The van der Waals surface area contributed by atoms with E-state index in [9.17, 15) is 4.39 Å². The van der Waals surface area contributed by atoms with Crippen LogP contribution in [-0.4, -0.2) is 11.6 Å². The molecule has 1 aromatic carbocycles. The fourth-order valence-corrected chi connectivity index (χ4v) is 2.37. The Morgan fingerprint density at radius 1 is 1.37 bits per heavy atom. The molecule has 0 N–H and O–H groups in total. The average molecular weight is 277 g/mol. The van der Waals surface area contributed by atoms with Crippen LogP contribution in [0.3, 0.4) is 0 Å². The topological polar surface area (TPSA) is 22.1 Å². The highest BCUT2D eigenvalue weighted by atomic mass is 32.1. The van der Waals surface area contributed by atoms with Gasteiger partial charge in [-0.15, -0.1) is 11.3 Å². The van der Waals surface area contributed by atoms with Crippen LogP contribution in [0.4, 0.5) is 4.39 Å². The van der Waals surface area contributed by atoms with Gasteiger partial charge in [-0.3, -0.25) is 0 Å². The molecule has 0 aliphatic heterocycles. The zero-order valence-electron chi connectivity index (χ0n) is 11.0. The molecule has 19 heavy (non-hydrogen) atoms. The number of hydrogen-bond donors (Lipinski definition) is 0. The third kappa shape index (κ3) is 3.64. The Labute approximate surface area is 116 Å². The summed E-state index contributed by atoms with van der Waals surface area (Å²) in [6.45, 7) is 4.18. The molecule has 1 heterocycles. The first-order valence-electron chi connectivity index (χ1n) is 6.16. The lowest BCUT2D eigenvalue weighted by Gasteiger charge is -2.07. The highest BCUT2D eigenvalue weighted by molar-refractivity contribution is 7.13. The minimum absolute atomic E-state index is 0.294. The van der Waals surface area contributed by atoms with E-state index >= 15 is 0 Å². The van der Waals surface area contributed by atoms with Crippen molar-refractivity contribution in [3.63, 3.8) is 0 Å². The summed E-state index contributed by atoms with van der Waals surface area (Å²) in [6.07, 6.45) is 1.28. The Hall–Kier alpha value is -1.68. The van der Waals surface area contributed by atoms with Crippen LogP contribution in [0.15, 0.2) is 41.5 Å². The molecule has 0 bridgehead atoms. The fourth-order valence-electron chi connectivity index (χ4n) is 1.57. The Balaban J connectivity index is 2.02. The molecule has 0 aliphatic rings. The molecule has 1 aromatic heterocycles. The van der Waals surface area contributed by atoms with E-state index in [1.807, 2.05) is 43.5 Å². The molecule has 0 amide bonds. The van der Waals surface area contributed by atoms with Crippen LogP contribution in [0.5, 0.6) is 5.75 Å². The number of nitrogens with zero attached hydrogens (tertiary/aromatic N) is 1. The molecular formula is C15H16FNOS. The highest BCUT2D eigenvalue weighted by Crippen LogP contribution is 2.25. The van der Waals surface area contributed by atoms with E-state index in [1.54, 1.807) is 11.3 Å². The molecule has 2 aromatic rings. The van der Waals surface area contributed by atoms with Gasteiger partial charge in [-0.25, -0.2) is 9.37 Å². The first kappa shape index (κ1) is 13.7. The van der Waals surface area contributed by atoms with Gasteiger partial charge in [-0.05, 0) is 43.2 Å². The number of ether oxygens (including phenoxy) is 1. The van der Waals surface area contributed by atoms with Crippen LogP contribution < -0.4 is 4.74 Å². The molecule has 0 radical (unpaired) electrons. The van der Waals surface area contributed by atoms with E-state index in [1.165, 1.54) is 0 Å². The van der Waals surface area contributed by atoms with Crippen LogP contribution in [0, 0.1) is 6.92 Å². The summed E-state index contributed by atoms with van der Waals surface area (Å²) < 4.78 is 17.9. The molecule has 0 saturated carbocycles. The van der Waals surface area contributed by atoms with Gasteiger partial charge < -0.3 is 4.74 Å². The zero-order valence-corrected chi connectivity index (χ0v) is 11.8. The molecule has 0 unspecified atom stereocenters. The van der Waals surface area contributed by atoms with Crippen LogP contribution in [0.2, 0.25) is 0 Å². The first-order chi connectivity index (χ1) is 9.22. The van der Waals surface area contributed by atoms with Gasteiger partial charge in [0.2, 0.25) is 0 Å². The molecule has 0 aliphatic carbocycles. The van der Waals surface area contributed by atoms with Gasteiger partial charge in [0.05, 0.1) is 6.33 Å². The second-order valence-electron chi connectivity index (χ2n) is 4.23. The van der Waals surface area contributed by atoms with Gasteiger partial charge in [0.25, 0.3) is 0 Å². The van der Waals surface area contributed by atoms with E-state index in [-0.39, 0.29) is 0 Å². The number of rotatable bonds is 5. The lowest BCUT2D eigenvalue weighted by atomic mass is 10.2. The summed E-state index contributed by atoms with van der Waals surface area (Å²) in [5.74, 6) is 0.741. The minimum Gasteiger partial charge on any atom is -0.489 e. The third-order valence-electron chi connectivity index (χ3n) is 2.75. The summed E-state index contributed by atoms with van der Waals surface area (Å²) in [6, 6.07) is 7.71. The number of hydrogen-bond acceptors (Lipinski definition) is 3. The number of aryl methyl sites for hydroxylation is 1. The second kappa shape index (κ2) is 6.48. The monoisotopic (exact) mass is 277 g/mol. The van der Waals surface area contributed by atoms with E-state index in [0.29, 0.717) is 24.9 Å². The zero-order chi connectivity index (χ0) is 13.7. The maximum absolute atomic E-state index is 12.4. The molecule has 0 saturated heterocycles. The Morgan fingerprint density at radius 3 is 2.63 bits per heavy atom. The molecule has 4 heteroatoms. The summed E-state index contributed by atoms with van der Waals surface area (Å²) >= 11 is 1.62. The molecule has 0 fully saturated rings. The molecular weight excluding hydrogens is 261 g/mol. The van der Waals surface area contributed by atoms with E-state index in [2.05, 4.69) is 4.98 Å². The molecule has 2 nitrogen and oxygen atoms in total. The lowest BCUT2D eigenvalue weighted by Crippen LogP contribution is -1.99. The summed E-state index contributed by atoms with van der Waals surface area (Å²) in [4.78, 5) is 4.43. The van der Waals surface area contributed by atoms with E-state index in [0.717, 1.165) is 22.0 Å². The molecule has 0 spiro atoms. The van der Waals surface area contributed by atoms with Gasteiger partial charge in [-0.2, -0.15) is 0 Å². The largest absolute Gasteiger partial charge is 0.489 e.